The third-order valence-electron chi connectivity index (χ3n) is 3.81. The van der Waals surface area contributed by atoms with Gasteiger partial charge in [-0.25, -0.2) is 4.79 Å². The van der Waals surface area contributed by atoms with Gasteiger partial charge in [-0.2, -0.15) is 0 Å². The average molecular weight is 314 g/mol. The zero-order chi connectivity index (χ0) is 16.1. The zero-order valence-electron chi connectivity index (χ0n) is 13.4. The molecule has 3 unspecified atom stereocenters. The van der Waals surface area contributed by atoms with Crippen molar-refractivity contribution in [3.63, 3.8) is 0 Å². The van der Waals surface area contributed by atoms with Crippen molar-refractivity contribution in [3.8, 4) is 0 Å². The molecule has 7 heteroatoms. The Morgan fingerprint density at radius 3 is 2.23 bits per heavy atom. The van der Waals surface area contributed by atoms with Crippen LogP contribution in [0, 0.1) is 0 Å². The van der Waals surface area contributed by atoms with E-state index in [1.54, 1.807) is 6.08 Å². The number of carbonyl (C=O) groups excluding carboxylic acids is 1. The smallest absolute Gasteiger partial charge is 0.330 e. The van der Waals surface area contributed by atoms with E-state index in [2.05, 4.69) is 4.74 Å². The zero-order valence-corrected chi connectivity index (χ0v) is 13.4. The summed E-state index contributed by atoms with van der Waals surface area (Å²) < 4.78 is 34.0. The summed E-state index contributed by atoms with van der Waals surface area (Å²) in [6.45, 7) is 7.32. The number of ether oxygens (including phenoxy) is 6. The van der Waals surface area contributed by atoms with Crippen molar-refractivity contribution in [2.24, 2.45) is 0 Å². The number of methoxy groups -OCH3 is 1. The van der Waals surface area contributed by atoms with Crippen molar-refractivity contribution in [2.45, 2.75) is 70.0 Å². The maximum Gasteiger partial charge on any atom is 0.330 e. The molecule has 0 amide bonds. The summed E-state index contributed by atoms with van der Waals surface area (Å²) in [4.78, 5) is 11.3. The van der Waals surface area contributed by atoms with Crippen LogP contribution in [0.3, 0.4) is 0 Å². The fourth-order valence-electron chi connectivity index (χ4n) is 3.04. The van der Waals surface area contributed by atoms with E-state index < -0.39 is 29.9 Å². The summed E-state index contributed by atoms with van der Waals surface area (Å²) in [6.07, 6.45) is 0.796. The molecule has 22 heavy (non-hydrogen) atoms. The highest BCUT2D eigenvalue weighted by molar-refractivity contribution is 5.81. The van der Waals surface area contributed by atoms with Crippen molar-refractivity contribution in [3.05, 3.63) is 12.2 Å². The van der Waals surface area contributed by atoms with Gasteiger partial charge in [0.1, 0.15) is 24.4 Å². The van der Waals surface area contributed by atoms with E-state index in [1.807, 2.05) is 27.7 Å². The molecule has 0 N–H and O–H groups in total. The first kappa shape index (κ1) is 15.9. The Morgan fingerprint density at radius 1 is 0.955 bits per heavy atom. The minimum Gasteiger partial charge on any atom is -0.466 e. The Hall–Kier alpha value is -0.990. The summed E-state index contributed by atoms with van der Waals surface area (Å²) in [6, 6.07) is 0. The third kappa shape index (κ3) is 2.91. The standard InChI is InChI=1S/C15H22O7/c1-14(2)19-10-8(6-7-9(16)17-5)18-13-12(11(10)20-14)21-15(3,4)22-13/h6-8,10-13H,1-5H3/b7-6-/t8?,10-,11?,12?,13+/m0/s1. The molecule has 0 aliphatic carbocycles. The molecule has 3 aliphatic rings. The summed E-state index contributed by atoms with van der Waals surface area (Å²) in [5.41, 5.74) is 0. The highest BCUT2D eigenvalue weighted by atomic mass is 16.9. The molecule has 3 aliphatic heterocycles. The molecule has 0 aromatic carbocycles. The molecule has 3 rings (SSSR count). The predicted molar refractivity (Wildman–Crippen MR) is 73.7 cm³/mol. The minimum atomic E-state index is -0.753. The van der Waals surface area contributed by atoms with Gasteiger partial charge in [-0.3, -0.25) is 0 Å². The van der Waals surface area contributed by atoms with Crippen LogP contribution in [0.25, 0.3) is 0 Å². The number of carbonyl (C=O) groups is 1. The van der Waals surface area contributed by atoms with Crippen molar-refractivity contribution in [2.75, 3.05) is 7.11 Å². The number of fused-ring (bicyclic) bond motifs is 3. The fraction of sp³-hybridized carbons (Fsp3) is 0.800. The Labute approximate surface area is 129 Å². The monoisotopic (exact) mass is 314 g/mol. The first-order valence-corrected chi connectivity index (χ1v) is 7.34. The molecule has 0 spiro atoms. The molecular weight excluding hydrogens is 292 g/mol. The Kier molecular flexibility index (Phi) is 3.81. The van der Waals surface area contributed by atoms with Crippen LogP contribution in [0.5, 0.6) is 0 Å². The van der Waals surface area contributed by atoms with Gasteiger partial charge in [-0.05, 0) is 33.8 Å². The van der Waals surface area contributed by atoms with Crippen molar-refractivity contribution in [1.29, 1.82) is 0 Å². The molecule has 5 atom stereocenters. The van der Waals surface area contributed by atoms with E-state index in [9.17, 15) is 4.79 Å². The predicted octanol–water partition coefficient (Wildman–Crippen LogP) is 1.11. The van der Waals surface area contributed by atoms with E-state index >= 15 is 0 Å². The van der Waals surface area contributed by atoms with Crippen LogP contribution in [0.2, 0.25) is 0 Å². The number of rotatable bonds is 2. The molecule has 0 aromatic rings. The Morgan fingerprint density at radius 2 is 1.55 bits per heavy atom. The number of esters is 1. The molecular formula is C15H22O7. The Balaban J connectivity index is 1.84. The van der Waals surface area contributed by atoms with Gasteiger partial charge in [-0.1, -0.05) is 0 Å². The van der Waals surface area contributed by atoms with Gasteiger partial charge in [0.25, 0.3) is 0 Å². The molecule has 124 valence electrons. The first-order chi connectivity index (χ1) is 10.2. The lowest BCUT2D eigenvalue weighted by Gasteiger charge is -2.35. The molecule has 0 bridgehead atoms. The van der Waals surface area contributed by atoms with Gasteiger partial charge in [0.05, 0.1) is 7.11 Å². The van der Waals surface area contributed by atoms with Gasteiger partial charge in [-0.15, -0.1) is 0 Å². The lowest BCUT2D eigenvalue weighted by atomic mass is 9.98. The van der Waals surface area contributed by atoms with E-state index in [1.165, 1.54) is 13.2 Å². The second-order valence-corrected chi connectivity index (χ2v) is 6.52. The molecule has 3 heterocycles. The SMILES string of the molecule is COC(=O)/C=C\C1O[C@@H]2OC(C)(C)OC2C2OC(C)(C)O[C@@H]12. The van der Waals surface area contributed by atoms with Crippen LogP contribution in [0.1, 0.15) is 27.7 Å². The van der Waals surface area contributed by atoms with Crippen molar-refractivity contribution < 1.29 is 33.2 Å². The highest BCUT2D eigenvalue weighted by Gasteiger charge is 2.60. The molecule has 3 saturated heterocycles. The summed E-state index contributed by atoms with van der Waals surface area (Å²) in [7, 11) is 1.32. The number of hydrogen-bond acceptors (Lipinski definition) is 7. The second kappa shape index (κ2) is 5.28. The van der Waals surface area contributed by atoms with Crippen LogP contribution >= 0.6 is 0 Å². The van der Waals surface area contributed by atoms with Crippen LogP contribution in [0.4, 0.5) is 0 Å². The van der Waals surface area contributed by atoms with Gasteiger partial charge in [0.15, 0.2) is 17.9 Å². The van der Waals surface area contributed by atoms with E-state index in [4.69, 9.17) is 23.7 Å². The van der Waals surface area contributed by atoms with Crippen LogP contribution < -0.4 is 0 Å². The Bertz CT molecular complexity index is 484. The maximum atomic E-state index is 11.3. The van der Waals surface area contributed by atoms with E-state index in [0.29, 0.717) is 0 Å². The topological polar surface area (TPSA) is 72.5 Å². The minimum absolute atomic E-state index is 0.331. The molecule has 0 saturated carbocycles. The second-order valence-electron chi connectivity index (χ2n) is 6.52. The molecule has 0 radical (unpaired) electrons. The third-order valence-corrected chi connectivity index (χ3v) is 3.81. The largest absolute Gasteiger partial charge is 0.466 e. The van der Waals surface area contributed by atoms with Crippen LogP contribution in [-0.4, -0.2) is 55.4 Å². The van der Waals surface area contributed by atoms with E-state index in [-0.39, 0.29) is 18.3 Å². The van der Waals surface area contributed by atoms with Crippen molar-refractivity contribution >= 4 is 5.97 Å². The van der Waals surface area contributed by atoms with Gasteiger partial charge < -0.3 is 28.4 Å². The molecule has 7 nitrogen and oxygen atoms in total. The normalized spacial score (nSPS) is 42.1. The summed E-state index contributed by atoms with van der Waals surface area (Å²) in [5.74, 6) is -1.96. The maximum absolute atomic E-state index is 11.3. The van der Waals surface area contributed by atoms with Crippen LogP contribution in [0.15, 0.2) is 12.2 Å². The fourth-order valence-corrected chi connectivity index (χ4v) is 3.04. The molecule has 3 fully saturated rings. The van der Waals surface area contributed by atoms with Gasteiger partial charge >= 0.3 is 5.97 Å². The average Bonchev–Trinajstić information content (AvgIpc) is 2.89. The highest BCUT2D eigenvalue weighted by Crippen LogP contribution is 2.44. The first-order valence-electron chi connectivity index (χ1n) is 7.34. The quantitative estimate of drug-likeness (QED) is 0.558. The summed E-state index contributed by atoms with van der Waals surface area (Å²) >= 11 is 0. The van der Waals surface area contributed by atoms with E-state index in [0.717, 1.165) is 0 Å². The van der Waals surface area contributed by atoms with Gasteiger partial charge in [0.2, 0.25) is 0 Å². The van der Waals surface area contributed by atoms with Gasteiger partial charge in [0, 0.05) is 6.08 Å². The van der Waals surface area contributed by atoms with Crippen LogP contribution in [-0.2, 0) is 33.2 Å². The van der Waals surface area contributed by atoms with Crippen molar-refractivity contribution in [1.82, 2.24) is 0 Å². The molecule has 0 aromatic heterocycles. The number of hydrogen-bond donors (Lipinski definition) is 0. The lowest BCUT2D eigenvalue weighted by molar-refractivity contribution is -0.222. The summed E-state index contributed by atoms with van der Waals surface area (Å²) in [5, 5.41) is 0. The lowest BCUT2D eigenvalue weighted by Crippen LogP contribution is -2.54.